The first kappa shape index (κ1) is 18.1. The molecular formula is C18H25FN4O. The van der Waals surface area contributed by atoms with Crippen LogP contribution in [0.25, 0.3) is 0 Å². The maximum absolute atomic E-state index is 13.5. The third-order valence-electron chi connectivity index (χ3n) is 4.27. The zero-order chi connectivity index (χ0) is 17.9. The van der Waals surface area contributed by atoms with Gasteiger partial charge in [-0.25, -0.2) is 4.39 Å². The normalized spacial score (nSPS) is 12.5. The molecule has 0 saturated heterocycles. The highest BCUT2D eigenvalue weighted by Gasteiger charge is 2.26. The summed E-state index contributed by atoms with van der Waals surface area (Å²) in [6, 6.07) is 5.71. The zero-order valence-corrected chi connectivity index (χ0v) is 14.9. The summed E-state index contributed by atoms with van der Waals surface area (Å²) in [4.78, 5) is 16.4. The van der Waals surface area contributed by atoms with E-state index in [1.807, 2.05) is 32.8 Å². The smallest absolute Gasteiger partial charge is 0.244 e. The van der Waals surface area contributed by atoms with Crippen molar-refractivity contribution in [1.29, 1.82) is 0 Å². The molecule has 0 unspecified atom stereocenters. The molecule has 0 aliphatic rings. The first-order chi connectivity index (χ1) is 11.3. The largest absolute Gasteiger partial charge is 0.344 e. The molecule has 5 nitrogen and oxygen atoms in total. The Morgan fingerprint density at radius 1 is 1.29 bits per heavy atom. The molecule has 1 aromatic heterocycles. The van der Waals surface area contributed by atoms with Crippen LogP contribution in [-0.4, -0.2) is 53.6 Å². The van der Waals surface area contributed by atoms with Crippen LogP contribution < -0.4 is 0 Å². The molecule has 130 valence electrons. The van der Waals surface area contributed by atoms with Crippen LogP contribution in [0.4, 0.5) is 4.39 Å². The lowest BCUT2D eigenvalue weighted by atomic mass is 10.0. The summed E-state index contributed by atoms with van der Waals surface area (Å²) < 4.78 is 13.5. The molecule has 0 aliphatic heterocycles. The second-order valence-electron chi connectivity index (χ2n) is 6.34. The lowest BCUT2D eigenvalue weighted by Crippen LogP contribution is -2.39. The summed E-state index contributed by atoms with van der Waals surface area (Å²) in [5, 5.41) is 7.14. The van der Waals surface area contributed by atoms with Crippen molar-refractivity contribution in [1.82, 2.24) is 20.0 Å². The fourth-order valence-corrected chi connectivity index (χ4v) is 2.88. The minimum atomic E-state index is -0.503. The molecule has 1 atom stereocenters. The van der Waals surface area contributed by atoms with E-state index in [-0.39, 0.29) is 11.7 Å². The number of likely N-dealkylation sites (N-methyl/N-ethyl adjacent to an activating group) is 2. The molecular weight excluding hydrogens is 307 g/mol. The van der Waals surface area contributed by atoms with Gasteiger partial charge in [0.05, 0.1) is 5.69 Å². The quantitative estimate of drug-likeness (QED) is 0.884. The first-order valence-corrected chi connectivity index (χ1v) is 7.98. The Hall–Kier alpha value is -2.21. The fourth-order valence-electron chi connectivity index (χ4n) is 2.88. The van der Waals surface area contributed by atoms with Crippen molar-refractivity contribution in [2.45, 2.75) is 26.3 Å². The third-order valence-corrected chi connectivity index (χ3v) is 4.27. The van der Waals surface area contributed by atoms with Crippen LogP contribution in [0.2, 0.25) is 0 Å². The highest BCUT2D eigenvalue weighted by Crippen LogP contribution is 2.22. The molecule has 2 rings (SSSR count). The summed E-state index contributed by atoms with van der Waals surface area (Å²) in [5.41, 5.74) is 3.79. The number of benzene rings is 1. The van der Waals surface area contributed by atoms with Gasteiger partial charge < -0.3 is 4.90 Å². The monoisotopic (exact) mass is 332 g/mol. The Balaban J connectivity index is 2.12. The number of nitrogens with one attached hydrogen (secondary N) is 1. The predicted octanol–water partition coefficient (Wildman–Crippen LogP) is 2.47. The van der Waals surface area contributed by atoms with E-state index in [1.165, 1.54) is 12.1 Å². The van der Waals surface area contributed by atoms with Gasteiger partial charge in [0.25, 0.3) is 0 Å². The lowest BCUT2D eigenvalue weighted by Gasteiger charge is -2.28. The number of aryl methyl sites for hydroxylation is 2. The van der Waals surface area contributed by atoms with Crippen molar-refractivity contribution < 1.29 is 9.18 Å². The molecule has 0 bridgehead atoms. The van der Waals surface area contributed by atoms with Crippen LogP contribution in [0.15, 0.2) is 24.3 Å². The summed E-state index contributed by atoms with van der Waals surface area (Å²) in [7, 11) is 5.43. The molecule has 1 heterocycles. The number of halogens is 1. The van der Waals surface area contributed by atoms with Crippen molar-refractivity contribution in [3.05, 3.63) is 52.6 Å². The molecule has 0 fully saturated rings. The molecule has 24 heavy (non-hydrogen) atoms. The van der Waals surface area contributed by atoms with E-state index < -0.39 is 6.04 Å². The number of aromatic nitrogens is 2. The van der Waals surface area contributed by atoms with Crippen LogP contribution in [0, 0.1) is 19.7 Å². The fraction of sp³-hybridized carbons (Fsp3) is 0.444. The van der Waals surface area contributed by atoms with Crippen molar-refractivity contribution in [3.63, 3.8) is 0 Å². The number of amides is 1. The topological polar surface area (TPSA) is 52.2 Å². The minimum absolute atomic E-state index is 0.0515. The molecule has 0 saturated carbocycles. The van der Waals surface area contributed by atoms with E-state index in [4.69, 9.17) is 0 Å². The zero-order valence-electron chi connectivity index (χ0n) is 14.9. The maximum atomic E-state index is 13.5. The number of rotatable bonds is 6. The third kappa shape index (κ3) is 4.00. The molecule has 1 amide bonds. The van der Waals surface area contributed by atoms with Crippen molar-refractivity contribution in [3.8, 4) is 0 Å². The van der Waals surface area contributed by atoms with E-state index >= 15 is 0 Å². The van der Waals surface area contributed by atoms with Crippen LogP contribution in [0.3, 0.4) is 0 Å². The van der Waals surface area contributed by atoms with Gasteiger partial charge in [0.1, 0.15) is 11.9 Å². The highest BCUT2D eigenvalue weighted by molar-refractivity contribution is 5.83. The summed E-state index contributed by atoms with van der Waals surface area (Å²) >= 11 is 0. The highest BCUT2D eigenvalue weighted by atomic mass is 19.1. The van der Waals surface area contributed by atoms with Gasteiger partial charge in [-0.2, -0.15) is 5.10 Å². The standard InChI is InChI=1S/C18H25FN4O/c1-12-16(13(2)21-20-12)9-10-23(5)18(24)17(22(3)4)14-7-6-8-15(19)11-14/h6-8,11,17H,9-10H2,1-5H3,(H,20,21)/t17-/m0/s1. The van der Waals surface area contributed by atoms with Gasteiger partial charge in [-0.3, -0.25) is 14.8 Å². The predicted molar refractivity (Wildman–Crippen MR) is 92.2 cm³/mol. The Morgan fingerprint density at radius 3 is 2.54 bits per heavy atom. The molecule has 0 aliphatic carbocycles. The summed E-state index contributed by atoms with van der Waals surface area (Å²) in [6.07, 6.45) is 0.736. The summed E-state index contributed by atoms with van der Waals surface area (Å²) in [6.45, 7) is 4.52. The molecule has 0 radical (unpaired) electrons. The van der Waals surface area contributed by atoms with Gasteiger partial charge in [-0.05, 0) is 57.6 Å². The van der Waals surface area contributed by atoms with Crippen molar-refractivity contribution >= 4 is 5.91 Å². The van der Waals surface area contributed by atoms with Gasteiger partial charge in [0.15, 0.2) is 0 Å². The second kappa shape index (κ2) is 7.57. The van der Waals surface area contributed by atoms with E-state index in [0.717, 1.165) is 23.4 Å². The van der Waals surface area contributed by atoms with E-state index in [1.54, 1.807) is 24.1 Å². The van der Waals surface area contributed by atoms with Crippen LogP contribution in [-0.2, 0) is 11.2 Å². The number of carbonyl (C=O) groups excluding carboxylic acids is 1. The minimum Gasteiger partial charge on any atom is -0.344 e. The number of H-pyrrole nitrogens is 1. The van der Waals surface area contributed by atoms with Gasteiger partial charge in [-0.1, -0.05) is 12.1 Å². The Kier molecular flexibility index (Phi) is 5.72. The molecule has 1 N–H and O–H groups in total. The van der Waals surface area contributed by atoms with E-state index in [2.05, 4.69) is 10.2 Å². The first-order valence-electron chi connectivity index (χ1n) is 7.98. The Bertz CT molecular complexity index is 691. The number of aromatic amines is 1. The Morgan fingerprint density at radius 2 is 2.00 bits per heavy atom. The van der Waals surface area contributed by atoms with Crippen molar-refractivity contribution in [2.24, 2.45) is 0 Å². The van der Waals surface area contributed by atoms with Crippen LogP contribution in [0.1, 0.15) is 28.6 Å². The van der Waals surface area contributed by atoms with Gasteiger partial charge in [-0.15, -0.1) is 0 Å². The van der Waals surface area contributed by atoms with Crippen LogP contribution >= 0.6 is 0 Å². The van der Waals surface area contributed by atoms with Gasteiger partial charge in [0, 0.05) is 19.3 Å². The lowest BCUT2D eigenvalue weighted by molar-refractivity contribution is -0.135. The molecule has 2 aromatic rings. The van der Waals surface area contributed by atoms with Crippen LogP contribution in [0.5, 0.6) is 0 Å². The van der Waals surface area contributed by atoms with Gasteiger partial charge in [0.2, 0.25) is 5.91 Å². The number of nitrogens with zero attached hydrogens (tertiary/aromatic N) is 3. The average molecular weight is 332 g/mol. The molecule has 6 heteroatoms. The van der Waals surface area contributed by atoms with E-state index in [0.29, 0.717) is 12.1 Å². The average Bonchev–Trinajstić information content (AvgIpc) is 2.83. The maximum Gasteiger partial charge on any atom is 0.244 e. The SMILES string of the molecule is Cc1n[nH]c(C)c1CCN(C)C(=O)[C@H](c1cccc(F)c1)N(C)C. The Labute approximate surface area is 142 Å². The second-order valence-corrected chi connectivity index (χ2v) is 6.34. The number of carbonyl (C=O) groups is 1. The number of hydrogen-bond donors (Lipinski definition) is 1. The molecule has 0 spiro atoms. The van der Waals surface area contributed by atoms with Crippen molar-refractivity contribution in [2.75, 3.05) is 27.7 Å². The van der Waals surface area contributed by atoms with Gasteiger partial charge >= 0.3 is 0 Å². The summed E-state index contributed by atoms with van der Waals surface area (Å²) in [5.74, 6) is -0.385. The number of hydrogen-bond acceptors (Lipinski definition) is 3. The molecule has 1 aromatic carbocycles. The van der Waals surface area contributed by atoms with E-state index in [9.17, 15) is 9.18 Å².